The van der Waals surface area contributed by atoms with Gasteiger partial charge < -0.3 is 18.9 Å². The van der Waals surface area contributed by atoms with E-state index in [9.17, 15) is 4.79 Å². The average molecular weight is 361 g/mol. The summed E-state index contributed by atoms with van der Waals surface area (Å²) in [5.74, 6) is 0.255. The fraction of sp³-hybridized carbons (Fsp3) is 0.533. The van der Waals surface area contributed by atoms with Crippen LogP contribution < -0.4 is 4.74 Å². The zero-order valence-corrected chi connectivity index (χ0v) is 14.4. The Morgan fingerprint density at radius 1 is 1.24 bits per heavy atom. The standard InChI is InChI=1S/C15H21BrO5/c1-5-19-14(20-6-2)9-21-13-7-10(3)11(8-12(13)16)15(17)18-4/h7-8,14H,5-6,9H2,1-4H3. The van der Waals surface area contributed by atoms with E-state index in [4.69, 9.17) is 18.9 Å². The molecule has 1 rings (SSSR count). The van der Waals surface area contributed by atoms with Crippen molar-refractivity contribution in [1.29, 1.82) is 0 Å². The van der Waals surface area contributed by atoms with Crippen LogP contribution in [0.3, 0.4) is 0 Å². The largest absolute Gasteiger partial charge is 0.487 e. The molecule has 0 amide bonds. The molecule has 0 aliphatic heterocycles. The predicted molar refractivity (Wildman–Crippen MR) is 82.8 cm³/mol. The van der Waals surface area contributed by atoms with E-state index in [2.05, 4.69) is 15.9 Å². The van der Waals surface area contributed by atoms with Crippen molar-refractivity contribution in [2.75, 3.05) is 26.9 Å². The van der Waals surface area contributed by atoms with Gasteiger partial charge in [0.2, 0.25) is 0 Å². The molecule has 0 unspecified atom stereocenters. The quantitative estimate of drug-likeness (QED) is 0.525. The second kappa shape index (κ2) is 9.02. The van der Waals surface area contributed by atoms with Crippen molar-refractivity contribution in [3.63, 3.8) is 0 Å². The molecule has 0 radical (unpaired) electrons. The van der Waals surface area contributed by atoms with Crippen LogP contribution >= 0.6 is 15.9 Å². The monoisotopic (exact) mass is 360 g/mol. The third-order valence-corrected chi connectivity index (χ3v) is 3.38. The van der Waals surface area contributed by atoms with Gasteiger partial charge in [0.1, 0.15) is 12.4 Å². The molecule has 1 aromatic carbocycles. The minimum absolute atomic E-state index is 0.275. The minimum atomic E-state index is -0.410. The van der Waals surface area contributed by atoms with Gasteiger partial charge in [-0.3, -0.25) is 0 Å². The number of halogens is 1. The highest BCUT2D eigenvalue weighted by molar-refractivity contribution is 9.10. The Hall–Kier alpha value is -1.11. The van der Waals surface area contributed by atoms with Crippen molar-refractivity contribution in [1.82, 2.24) is 0 Å². The zero-order valence-electron chi connectivity index (χ0n) is 12.8. The van der Waals surface area contributed by atoms with E-state index in [1.54, 1.807) is 12.1 Å². The van der Waals surface area contributed by atoms with Crippen LogP contribution in [0.25, 0.3) is 0 Å². The van der Waals surface area contributed by atoms with E-state index in [-0.39, 0.29) is 12.6 Å². The van der Waals surface area contributed by atoms with Gasteiger partial charge >= 0.3 is 5.97 Å². The lowest BCUT2D eigenvalue weighted by atomic mass is 10.1. The first-order valence-corrected chi connectivity index (χ1v) is 7.57. The van der Waals surface area contributed by atoms with Crippen LogP contribution in [-0.4, -0.2) is 39.2 Å². The summed E-state index contributed by atoms with van der Waals surface area (Å²) in [4.78, 5) is 11.6. The number of ether oxygens (including phenoxy) is 4. The molecule has 0 spiro atoms. The van der Waals surface area contributed by atoms with Crippen LogP contribution in [0.15, 0.2) is 16.6 Å². The molecule has 0 N–H and O–H groups in total. The average Bonchev–Trinajstić information content (AvgIpc) is 2.47. The Bertz CT molecular complexity index is 469. The number of carbonyl (C=O) groups excluding carboxylic acids is 1. The summed E-state index contributed by atoms with van der Waals surface area (Å²) in [5, 5.41) is 0. The summed E-state index contributed by atoms with van der Waals surface area (Å²) in [6, 6.07) is 3.47. The van der Waals surface area contributed by atoms with Gasteiger partial charge in [0.05, 0.1) is 17.1 Å². The first-order valence-electron chi connectivity index (χ1n) is 6.77. The van der Waals surface area contributed by atoms with Gasteiger partial charge in [0.15, 0.2) is 6.29 Å². The summed E-state index contributed by atoms with van der Waals surface area (Å²) in [5.41, 5.74) is 1.28. The lowest BCUT2D eigenvalue weighted by molar-refractivity contribution is -0.152. The summed E-state index contributed by atoms with van der Waals surface area (Å²) >= 11 is 3.39. The van der Waals surface area contributed by atoms with Crippen molar-refractivity contribution in [2.45, 2.75) is 27.1 Å². The first-order chi connectivity index (χ1) is 10.0. The Morgan fingerprint density at radius 2 is 1.86 bits per heavy atom. The number of esters is 1. The lowest BCUT2D eigenvalue weighted by Crippen LogP contribution is -2.25. The number of rotatable bonds is 8. The van der Waals surface area contributed by atoms with Crippen LogP contribution in [-0.2, 0) is 14.2 Å². The van der Waals surface area contributed by atoms with E-state index < -0.39 is 6.29 Å². The van der Waals surface area contributed by atoms with Gasteiger partial charge in [-0.05, 0) is 54.4 Å². The van der Waals surface area contributed by atoms with E-state index in [1.165, 1.54) is 7.11 Å². The molecule has 6 heteroatoms. The number of benzene rings is 1. The second-order valence-electron chi connectivity index (χ2n) is 4.24. The number of carbonyl (C=O) groups is 1. The molecule has 5 nitrogen and oxygen atoms in total. The number of hydrogen-bond donors (Lipinski definition) is 0. The smallest absolute Gasteiger partial charge is 0.338 e. The summed E-state index contributed by atoms with van der Waals surface area (Å²) in [6.45, 7) is 7.00. The summed E-state index contributed by atoms with van der Waals surface area (Å²) < 4.78 is 22.0. The van der Waals surface area contributed by atoms with Crippen LogP contribution in [0, 0.1) is 6.92 Å². The van der Waals surface area contributed by atoms with Crippen molar-refractivity contribution in [2.24, 2.45) is 0 Å². The third kappa shape index (κ3) is 5.30. The highest BCUT2D eigenvalue weighted by Crippen LogP contribution is 2.29. The minimum Gasteiger partial charge on any atom is -0.487 e. The van der Waals surface area contributed by atoms with E-state index in [0.717, 1.165) is 5.56 Å². The van der Waals surface area contributed by atoms with Gasteiger partial charge in [0, 0.05) is 13.2 Å². The molecule has 0 saturated carbocycles. The lowest BCUT2D eigenvalue weighted by Gasteiger charge is -2.18. The molecule has 1 aromatic rings. The number of aryl methyl sites for hydroxylation is 1. The Labute approximate surface area is 133 Å². The molecular weight excluding hydrogens is 340 g/mol. The topological polar surface area (TPSA) is 54.0 Å². The normalized spacial score (nSPS) is 10.8. The van der Waals surface area contributed by atoms with Gasteiger partial charge in [-0.25, -0.2) is 4.79 Å². The maximum atomic E-state index is 11.6. The maximum Gasteiger partial charge on any atom is 0.338 e. The maximum absolute atomic E-state index is 11.6. The van der Waals surface area contributed by atoms with E-state index >= 15 is 0 Å². The Kier molecular flexibility index (Phi) is 7.71. The molecule has 0 atom stereocenters. The fourth-order valence-corrected chi connectivity index (χ4v) is 2.23. The van der Waals surface area contributed by atoms with E-state index in [0.29, 0.717) is 29.0 Å². The molecule has 0 fully saturated rings. The van der Waals surface area contributed by atoms with Crippen molar-refractivity contribution < 1.29 is 23.7 Å². The summed E-state index contributed by atoms with van der Waals surface area (Å²) in [6.07, 6.45) is -0.410. The molecule has 118 valence electrons. The van der Waals surface area contributed by atoms with Gasteiger partial charge in [-0.15, -0.1) is 0 Å². The highest BCUT2D eigenvalue weighted by atomic mass is 79.9. The van der Waals surface area contributed by atoms with Crippen molar-refractivity contribution >= 4 is 21.9 Å². The van der Waals surface area contributed by atoms with Crippen molar-refractivity contribution in [3.8, 4) is 5.75 Å². The predicted octanol–water partition coefficient (Wildman–Crippen LogP) is 3.32. The zero-order chi connectivity index (χ0) is 15.8. The Balaban J connectivity index is 2.80. The van der Waals surface area contributed by atoms with Crippen LogP contribution in [0.5, 0.6) is 5.75 Å². The van der Waals surface area contributed by atoms with Crippen LogP contribution in [0.4, 0.5) is 0 Å². The van der Waals surface area contributed by atoms with Crippen LogP contribution in [0.2, 0.25) is 0 Å². The Morgan fingerprint density at radius 3 is 2.38 bits per heavy atom. The number of methoxy groups -OCH3 is 1. The van der Waals surface area contributed by atoms with E-state index in [1.807, 2.05) is 20.8 Å². The van der Waals surface area contributed by atoms with Gasteiger partial charge in [0.25, 0.3) is 0 Å². The highest BCUT2D eigenvalue weighted by Gasteiger charge is 2.15. The molecule has 21 heavy (non-hydrogen) atoms. The van der Waals surface area contributed by atoms with Crippen molar-refractivity contribution in [3.05, 3.63) is 27.7 Å². The first kappa shape index (κ1) is 17.9. The second-order valence-corrected chi connectivity index (χ2v) is 5.09. The fourth-order valence-electron chi connectivity index (χ4n) is 1.77. The molecule has 0 aromatic heterocycles. The molecular formula is C15H21BrO5. The number of hydrogen-bond acceptors (Lipinski definition) is 5. The summed E-state index contributed by atoms with van der Waals surface area (Å²) in [7, 11) is 1.36. The molecule has 0 saturated heterocycles. The molecule has 0 bridgehead atoms. The third-order valence-electron chi connectivity index (χ3n) is 2.76. The molecule has 0 heterocycles. The van der Waals surface area contributed by atoms with Gasteiger partial charge in [-0.2, -0.15) is 0 Å². The molecule has 0 aliphatic rings. The SMILES string of the molecule is CCOC(COc1cc(C)c(C(=O)OC)cc1Br)OCC. The molecule has 0 aliphatic carbocycles. The van der Waals surface area contributed by atoms with Gasteiger partial charge in [-0.1, -0.05) is 0 Å². The van der Waals surface area contributed by atoms with Crippen LogP contribution in [0.1, 0.15) is 29.8 Å².